The predicted octanol–water partition coefficient (Wildman–Crippen LogP) is 4.28. The van der Waals surface area contributed by atoms with Gasteiger partial charge >= 0.3 is 6.18 Å². The van der Waals surface area contributed by atoms with Crippen molar-refractivity contribution in [3.05, 3.63) is 47.8 Å². The lowest BCUT2D eigenvalue weighted by molar-refractivity contribution is -0.123. The first-order valence-corrected chi connectivity index (χ1v) is 10.2. The Morgan fingerprint density at radius 2 is 1.88 bits per heavy atom. The molecule has 1 N–H and O–H groups in total. The highest BCUT2D eigenvalue weighted by Gasteiger charge is 2.39. The Kier molecular flexibility index (Phi) is 5.66. The fourth-order valence-electron chi connectivity index (χ4n) is 4.04. The summed E-state index contributed by atoms with van der Waals surface area (Å²) in [7, 11) is 2.63. The number of benzene rings is 2. The smallest absolute Gasteiger partial charge is 0.405 e. The second-order valence-electron chi connectivity index (χ2n) is 7.89. The Labute approximate surface area is 187 Å². The van der Waals surface area contributed by atoms with Gasteiger partial charge in [0.1, 0.15) is 29.9 Å². The monoisotopic (exact) mass is 458 g/mol. The molecule has 1 saturated carbocycles. The van der Waals surface area contributed by atoms with Gasteiger partial charge in [0, 0.05) is 12.1 Å². The average Bonchev–Trinajstić information content (AvgIpc) is 3.19. The molecule has 2 aromatic carbocycles. The number of ether oxygens (including phenoxy) is 2. The zero-order chi connectivity index (χ0) is 23.8. The first-order valence-electron chi connectivity index (χ1n) is 10.2. The molecule has 1 fully saturated rings. The number of fused-ring (bicyclic) bond motifs is 1. The summed E-state index contributed by atoms with van der Waals surface area (Å²) >= 11 is 0. The van der Waals surface area contributed by atoms with Gasteiger partial charge in [-0.05, 0) is 37.0 Å². The van der Waals surface area contributed by atoms with Gasteiger partial charge in [0.15, 0.2) is 0 Å². The molecule has 1 amide bonds. The van der Waals surface area contributed by atoms with Crippen LogP contribution in [0.3, 0.4) is 0 Å². The van der Waals surface area contributed by atoms with Gasteiger partial charge in [0.25, 0.3) is 5.91 Å². The SMILES string of the molecule is COc1cc(-n2cnc3cc(C4(C#N)CCC4)ccc32)cc(OC)c1C(=O)NCC(F)(F)F. The molecule has 33 heavy (non-hydrogen) atoms. The number of alkyl halides is 3. The van der Waals surface area contributed by atoms with Gasteiger partial charge < -0.3 is 14.8 Å². The van der Waals surface area contributed by atoms with E-state index in [2.05, 4.69) is 11.1 Å². The number of imidazole rings is 1. The molecule has 1 heterocycles. The van der Waals surface area contributed by atoms with Crippen molar-refractivity contribution in [2.45, 2.75) is 30.9 Å². The van der Waals surface area contributed by atoms with E-state index >= 15 is 0 Å². The number of rotatable bonds is 6. The van der Waals surface area contributed by atoms with E-state index < -0.39 is 24.0 Å². The second kappa shape index (κ2) is 8.31. The number of amides is 1. The van der Waals surface area contributed by atoms with E-state index in [4.69, 9.17) is 9.47 Å². The van der Waals surface area contributed by atoms with E-state index in [0.29, 0.717) is 11.2 Å². The number of aromatic nitrogens is 2. The maximum atomic E-state index is 12.5. The Balaban J connectivity index is 1.73. The Morgan fingerprint density at radius 3 is 2.39 bits per heavy atom. The van der Waals surface area contributed by atoms with Crippen LogP contribution in [0.2, 0.25) is 0 Å². The van der Waals surface area contributed by atoms with Gasteiger partial charge in [-0.25, -0.2) is 4.98 Å². The van der Waals surface area contributed by atoms with Crippen molar-refractivity contribution >= 4 is 16.9 Å². The third-order valence-electron chi connectivity index (χ3n) is 5.97. The molecule has 172 valence electrons. The summed E-state index contributed by atoms with van der Waals surface area (Å²) in [6.45, 7) is -1.47. The average molecular weight is 458 g/mol. The fourth-order valence-corrected chi connectivity index (χ4v) is 4.04. The minimum absolute atomic E-state index is 0.0559. The molecule has 7 nitrogen and oxygen atoms in total. The van der Waals surface area contributed by atoms with Crippen molar-refractivity contribution in [3.8, 4) is 23.3 Å². The van der Waals surface area contributed by atoms with Crippen molar-refractivity contribution in [2.75, 3.05) is 20.8 Å². The van der Waals surface area contributed by atoms with Crippen LogP contribution in [-0.4, -0.2) is 42.4 Å². The maximum Gasteiger partial charge on any atom is 0.405 e. The summed E-state index contributed by atoms with van der Waals surface area (Å²) in [6.07, 6.45) is -0.299. The highest BCUT2D eigenvalue weighted by molar-refractivity contribution is 6.00. The minimum Gasteiger partial charge on any atom is -0.496 e. The number of methoxy groups -OCH3 is 2. The molecule has 0 spiro atoms. The van der Waals surface area contributed by atoms with Gasteiger partial charge in [-0.1, -0.05) is 6.07 Å². The van der Waals surface area contributed by atoms with Gasteiger partial charge in [0.05, 0.1) is 42.4 Å². The van der Waals surface area contributed by atoms with E-state index in [1.165, 1.54) is 26.4 Å². The van der Waals surface area contributed by atoms with Crippen LogP contribution < -0.4 is 14.8 Å². The molecule has 0 saturated heterocycles. The van der Waals surface area contributed by atoms with Gasteiger partial charge in [-0.3, -0.25) is 9.36 Å². The third kappa shape index (κ3) is 4.06. The molecule has 1 aliphatic rings. The van der Waals surface area contributed by atoms with E-state index in [1.54, 1.807) is 10.9 Å². The normalized spacial score (nSPS) is 14.9. The van der Waals surface area contributed by atoms with Crippen LogP contribution in [0.4, 0.5) is 13.2 Å². The molecule has 4 rings (SSSR count). The number of hydrogen-bond donors (Lipinski definition) is 1. The summed E-state index contributed by atoms with van der Waals surface area (Å²) in [6, 6.07) is 11.2. The number of halogens is 3. The lowest BCUT2D eigenvalue weighted by atomic mass is 9.65. The molecule has 0 bridgehead atoms. The lowest BCUT2D eigenvalue weighted by Gasteiger charge is -2.35. The highest BCUT2D eigenvalue weighted by atomic mass is 19.4. The standard InChI is InChI=1S/C23H21F3N4O3/c1-32-18-9-15(10-19(33-2)20(18)21(31)28-12-23(24,25)26)30-13-29-16-8-14(4-5-17(16)30)22(11-27)6-3-7-22/h4-5,8-10,13H,3,6-7,12H2,1-2H3,(H,28,31). The first-order chi connectivity index (χ1) is 15.7. The number of carbonyl (C=O) groups is 1. The first kappa shape index (κ1) is 22.5. The summed E-state index contributed by atoms with van der Waals surface area (Å²) < 4.78 is 50.0. The molecular weight excluding hydrogens is 437 g/mol. The van der Waals surface area contributed by atoms with Crippen molar-refractivity contribution in [1.29, 1.82) is 5.26 Å². The number of nitrogens with one attached hydrogen (secondary N) is 1. The largest absolute Gasteiger partial charge is 0.496 e. The summed E-state index contributed by atoms with van der Waals surface area (Å²) in [5.41, 5.74) is 2.32. The summed E-state index contributed by atoms with van der Waals surface area (Å²) in [4.78, 5) is 16.9. The molecule has 0 radical (unpaired) electrons. The van der Waals surface area contributed by atoms with E-state index in [1.807, 2.05) is 23.5 Å². The number of hydrogen-bond acceptors (Lipinski definition) is 5. The van der Waals surface area contributed by atoms with Crippen molar-refractivity contribution in [2.24, 2.45) is 0 Å². The lowest BCUT2D eigenvalue weighted by Crippen LogP contribution is -2.34. The van der Waals surface area contributed by atoms with Crippen LogP contribution in [0.1, 0.15) is 35.2 Å². The molecule has 0 aliphatic heterocycles. The van der Waals surface area contributed by atoms with Crippen LogP contribution in [0.25, 0.3) is 16.7 Å². The van der Waals surface area contributed by atoms with Crippen molar-refractivity contribution in [3.63, 3.8) is 0 Å². The molecule has 3 aromatic rings. The molecule has 10 heteroatoms. The Bertz CT molecular complexity index is 1230. The number of nitriles is 1. The van der Waals surface area contributed by atoms with Gasteiger partial charge in [0.2, 0.25) is 0 Å². The van der Waals surface area contributed by atoms with E-state index in [9.17, 15) is 23.2 Å². The van der Waals surface area contributed by atoms with E-state index in [-0.39, 0.29) is 17.1 Å². The quantitative estimate of drug-likeness (QED) is 0.596. The Hall–Kier alpha value is -3.74. The number of nitrogens with zero attached hydrogens (tertiary/aromatic N) is 3. The van der Waals surface area contributed by atoms with Gasteiger partial charge in [-0.2, -0.15) is 18.4 Å². The zero-order valence-electron chi connectivity index (χ0n) is 18.0. The predicted molar refractivity (Wildman–Crippen MR) is 114 cm³/mol. The minimum atomic E-state index is -4.55. The van der Waals surface area contributed by atoms with Crippen LogP contribution in [0.15, 0.2) is 36.7 Å². The number of carbonyl (C=O) groups excluding carboxylic acids is 1. The van der Waals surface area contributed by atoms with Gasteiger partial charge in [-0.15, -0.1) is 0 Å². The topological polar surface area (TPSA) is 89.2 Å². The van der Waals surface area contributed by atoms with Crippen molar-refractivity contribution < 1.29 is 27.4 Å². The van der Waals surface area contributed by atoms with E-state index in [0.717, 1.165) is 30.3 Å². The van der Waals surface area contributed by atoms with Crippen LogP contribution in [-0.2, 0) is 5.41 Å². The molecule has 1 aliphatic carbocycles. The molecular formula is C23H21F3N4O3. The van der Waals surface area contributed by atoms with Crippen LogP contribution in [0.5, 0.6) is 11.5 Å². The summed E-state index contributed by atoms with van der Waals surface area (Å²) in [5, 5.41) is 11.5. The Morgan fingerprint density at radius 1 is 1.21 bits per heavy atom. The molecule has 0 atom stereocenters. The second-order valence-corrected chi connectivity index (χ2v) is 7.89. The maximum absolute atomic E-state index is 12.5. The molecule has 0 unspecified atom stereocenters. The highest BCUT2D eigenvalue weighted by Crippen LogP contribution is 2.44. The van der Waals surface area contributed by atoms with Crippen LogP contribution >= 0.6 is 0 Å². The van der Waals surface area contributed by atoms with Crippen molar-refractivity contribution in [1.82, 2.24) is 14.9 Å². The molecule has 1 aromatic heterocycles. The van der Waals surface area contributed by atoms with Crippen LogP contribution in [0, 0.1) is 11.3 Å². The third-order valence-corrected chi connectivity index (χ3v) is 5.97. The summed E-state index contributed by atoms with van der Waals surface area (Å²) in [5.74, 6) is -0.851. The zero-order valence-corrected chi connectivity index (χ0v) is 18.0. The fraction of sp³-hybridized carbons (Fsp3) is 0.348.